The van der Waals surface area contributed by atoms with Crippen molar-refractivity contribution < 1.29 is 13.9 Å². The number of aromatic nitrogens is 2. The lowest BCUT2D eigenvalue weighted by atomic mass is 9.86. The summed E-state index contributed by atoms with van der Waals surface area (Å²) in [5.41, 5.74) is 5.49. The molecule has 3 aromatic rings. The summed E-state index contributed by atoms with van der Waals surface area (Å²) in [6, 6.07) is 3.97. The molecule has 1 amide bonds. The normalized spacial score (nSPS) is 19.6. The van der Waals surface area contributed by atoms with Crippen molar-refractivity contribution in [3.05, 3.63) is 60.6 Å². The maximum atomic E-state index is 11.9. The molecule has 7 heteroatoms. The zero-order valence-corrected chi connectivity index (χ0v) is 18.1. The van der Waals surface area contributed by atoms with Crippen molar-refractivity contribution >= 4 is 22.5 Å². The predicted molar refractivity (Wildman–Crippen MR) is 124 cm³/mol. The number of rotatable bonds is 6. The first-order valence-electron chi connectivity index (χ1n) is 11.2. The molecule has 1 atom stereocenters. The number of fused-ring (bicyclic) bond motifs is 1. The second kappa shape index (κ2) is 9.14. The van der Waals surface area contributed by atoms with E-state index in [0.29, 0.717) is 0 Å². The summed E-state index contributed by atoms with van der Waals surface area (Å²) in [5.74, 6) is 0.693. The number of pyridine rings is 1. The fourth-order valence-electron chi connectivity index (χ4n) is 4.74. The second-order valence-electron chi connectivity index (χ2n) is 8.37. The summed E-state index contributed by atoms with van der Waals surface area (Å²) in [7, 11) is 0. The number of carbonyl (C=O) groups is 1. The first-order valence-corrected chi connectivity index (χ1v) is 11.2. The van der Waals surface area contributed by atoms with E-state index in [4.69, 9.17) is 14.1 Å². The molecule has 1 saturated heterocycles. The van der Waals surface area contributed by atoms with Crippen LogP contribution in [0.5, 0.6) is 0 Å². The monoisotopic (exact) mass is 432 g/mol. The number of allylic oxidation sites excluding steroid dienone is 1. The summed E-state index contributed by atoms with van der Waals surface area (Å²) in [6.07, 6.45) is 11.9. The smallest absolute Gasteiger partial charge is 0.243 e. The number of hydrogen-bond donors (Lipinski definition) is 2. The number of furan rings is 1. The van der Waals surface area contributed by atoms with E-state index in [1.54, 1.807) is 6.26 Å². The standard InChI is InChI=1S/C25H28N4O3/c1-2-22(30)28-19-6-3-5-17(13-19)23-18(16-29-8-11-31-12-9-29)14-26-25-24(23)20(15-27-25)21-7-4-10-32-21/h2,4-5,7,10,14-15,19H,1,3,6,8-9,11-13,16H2,(H,26,27)(H,28,30). The van der Waals surface area contributed by atoms with Crippen molar-refractivity contribution in [1.29, 1.82) is 0 Å². The Labute approximate surface area is 187 Å². The molecule has 0 saturated carbocycles. The minimum atomic E-state index is -0.123. The van der Waals surface area contributed by atoms with Gasteiger partial charge < -0.3 is 19.5 Å². The van der Waals surface area contributed by atoms with Crippen LogP contribution in [0.2, 0.25) is 0 Å². The Morgan fingerprint density at radius 3 is 3.03 bits per heavy atom. The van der Waals surface area contributed by atoms with Crippen molar-refractivity contribution in [3.8, 4) is 11.3 Å². The van der Waals surface area contributed by atoms with Gasteiger partial charge >= 0.3 is 0 Å². The number of H-pyrrole nitrogens is 1. The number of nitrogens with zero attached hydrogens (tertiary/aromatic N) is 2. The SMILES string of the molecule is C=CC(=O)NC1CCC=C(c2c(CN3CCOCC3)cnc3[nH]cc(-c4ccco4)c23)C1. The average molecular weight is 433 g/mol. The average Bonchev–Trinajstić information content (AvgIpc) is 3.49. The summed E-state index contributed by atoms with van der Waals surface area (Å²) in [4.78, 5) is 22.4. The second-order valence-corrected chi connectivity index (χ2v) is 8.37. The zero-order chi connectivity index (χ0) is 21.9. The summed E-state index contributed by atoms with van der Waals surface area (Å²) in [6.45, 7) is 7.73. The molecular formula is C25H28N4O3. The summed E-state index contributed by atoms with van der Waals surface area (Å²) >= 11 is 0. The zero-order valence-electron chi connectivity index (χ0n) is 18.1. The van der Waals surface area contributed by atoms with Crippen molar-refractivity contribution in [2.45, 2.75) is 31.8 Å². The summed E-state index contributed by atoms with van der Waals surface area (Å²) in [5, 5.41) is 4.16. The Bertz CT molecular complexity index is 1140. The molecular weight excluding hydrogens is 404 g/mol. The molecule has 0 aromatic carbocycles. The largest absolute Gasteiger partial charge is 0.464 e. The lowest BCUT2D eigenvalue weighted by Crippen LogP contribution is -2.36. The molecule has 5 rings (SSSR count). The Balaban J connectivity index is 1.59. The molecule has 0 radical (unpaired) electrons. The van der Waals surface area contributed by atoms with Gasteiger partial charge in [-0.3, -0.25) is 9.69 Å². The molecule has 1 aliphatic heterocycles. The van der Waals surface area contributed by atoms with Crippen LogP contribution in [0, 0.1) is 0 Å². The third-order valence-electron chi connectivity index (χ3n) is 6.29. The van der Waals surface area contributed by atoms with Crippen LogP contribution < -0.4 is 5.32 Å². The first-order chi connectivity index (χ1) is 15.7. The van der Waals surface area contributed by atoms with Gasteiger partial charge in [0.1, 0.15) is 11.4 Å². The third-order valence-corrected chi connectivity index (χ3v) is 6.29. The third kappa shape index (κ3) is 4.13. The minimum absolute atomic E-state index is 0.0888. The fraction of sp³-hybridized carbons (Fsp3) is 0.360. The molecule has 4 heterocycles. The van der Waals surface area contributed by atoms with E-state index in [1.807, 2.05) is 24.5 Å². The minimum Gasteiger partial charge on any atom is -0.464 e. The maximum Gasteiger partial charge on any atom is 0.243 e. The molecule has 7 nitrogen and oxygen atoms in total. The molecule has 2 N–H and O–H groups in total. The lowest BCUT2D eigenvalue weighted by molar-refractivity contribution is -0.117. The number of amides is 1. The molecule has 3 aromatic heterocycles. The Morgan fingerprint density at radius 2 is 2.25 bits per heavy atom. The van der Waals surface area contributed by atoms with Gasteiger partial charge in [0.05, 0.1) is 19.5 Å². The number of carbonyl (C=O) groups excluding carboxylic acids is 1. The number of nitrogens with one attached hydrogen (secondary N) is 2. The van der Waals surface area contributed by atoms with Gasteiger partial charge in [-0.05, 0) is 54.2 Å². The lowest BCUT2D eigenvalue weighted by Gasteiger charge is -2.29. The maximum absolute atomic E-state index is 11.9. The van der Waals surface area contributed by atoms with Crippen LogP contribution in [0.3, 0.4) is 0 Å². The van der Waals surface area contributed by atoms with E-state index in [1.165, 1.54) is 22.8 Å². The Hall–Kier alpha value is -3.16. The molecule has 1 fully saturated rings. The Kier molecular flexibility index (Phi) is 5.92. The fourth-order valence-corrected chi connectivity index (χ4v) is 4.74. The topological polar surface area (TPSA) is 83.4 Å². The molecule has 2 aliphatic rings. The van der Waals surface area contributed by atoms with Crippen molar-refractivity contribution in [3.63, 3.8) is 0 Å². The predicted octanol–water partition coefficient (Wildman–Crippen LogP) is 3.89. The van der Waals surface area contributed by atoms with Crippen LogP contribution in [0.1, 0.15) is 30.4 Å². The number of hydrogen-bond acceptors (Lipinski definition) is 5. The van der Waals surface area contributed by atoms with E-state index in [-0.39, 0.29) is 11.9 Å². The number of aromatic amines is 1. The Morgan fingerprint density at radius 1 is 1.38 bits per heavy atom. The highest BCUT2D eigenvalue weighted by Crippen LogP contribution is 2.39. The highest BCUT2D eigenvalue weighted by atomic mass is 16.5. The van der Waals surface area contributed by atoms with E-state index in [9.17, 15) is 4.79 Å². The van der Waals surface area contributed by atoms with Crippen LogP contribution in [-0.2, 0) is 16.1 Å². The van der Waals surface area contributed by atoms with Crippen LogP contribution >= 0.6 is 0 Å². The van der Waals surface area contributed by atoms with Crippen LogP contribution in [0.15, 0.2) is 53.9 Å². The van der Waals surface area contributed by atoms with E-state index in [2.05, 4.69) is 27.9 Å². The van der Waals surface area contributed by atoms with Gasteiger partial charge in [-0.25, -0.2) is 4.98 Å². The quantitative estimate of drug-likeness (QED) is 0.578. The van der Waals surface area contributed by atoms with Crippen molar-refractivity contribution in [1.82, 2.24) is 20.2 Å². The van der Waals surface area contributed by atoms with Gasteiger partial charge in [-0.2, -0.15) is 0 Å². The molecule has 0 spiro atoms. The van der Waals surface area contributed by atoms with Gasteiger partial charge in [0.2, 0.25) is 5.91 Å². The van der Waals surface area contributed by atoms with E-state index in [0.717, 1.165) is 74.5 Å². The molecule has 32 heavy (non-hydrogen) atoms. The first kappa shape index (κ1) is 20.7. The van der Waals surface area contributed by atoms with Crippen LogP contribution in [0.25, 0.3) is 27.9 Å². The van der Waals surface area contributed by atoms with Gasteiger partial charge in [0, 0.05) is 49.0 Å². The molecule has 1 unspecified atom stereocenters. The highest BCUT2D eigenvalue weighted by Gasteiger charge is 2.25. The van der Waals surface area contributed by atoms with E-state index < -0.39 is 0 Å². The van der Waals surface area contributed by atoms with Gasteiger partial charge in [0.15, 0.2) is 0 Å². The molecule has 0 bridgehead atoms. The van der Waals surface area contributed by atoms with Crippen molar-refractivity contribution in [2.75, 3.05) is 26.3 Å². The van der Waals surface area contributed by atoms with Gasteiger partial charge in [-0.15, -0.1) is 0 Å². The number of ether oxygens (including phenoxy) is 1. The molecule has 166 valence electrons. The van der Waals surface area contributed by atoms with Gasteiger partial charge in [0.25, 0.3) is 0 Å². The molecule has 1 aliphatic carbocycles. The highest BCUT2D eigenvalue weighted by molar-refractivity contribution is 6.01. The van der Waals surface area contributed by atoms with Crippen LogP contribution in [0.4, 0.5) is 0 Å². The number of morpholine rings is 1. The van der Waals surface area contributed by atoms with E-state index >= 15 is 0 Å². The summed E-state index contributed by atoms with van der Waals surface area (Å²) < 4.78 is 11.3. The van der Waals surface area contributed by atoms with Crippen LogP contribution in [-0.4, -0.2) is 53.1 Å². The van der Waals surface area contributed by atoms with Gasteiger partial charge in [-0.1, -0.05) is 12.7 Å². The van der Waals surface area contributed by atoms with Crippen molar-refractivity contribution in [2.24, 2.45) is 0 Å².